The summed E-state index contributed by atoms with van der Waals surface area (Å²) in [6, 6.07) is 9.56. The van der Waals surface area contributed by atoms with Gasteiger partial charge in [0.25, 0.3) is 5.56 Å². The van der Waals surface area contributed by atoms with Crippen molar-refractivity contribution in [1.82, 2.24) is 29.9 Å². The lowest BCUT2D eigenvalue weighted by atomic mass is 10.2. The Hall–Kier alpha value is -3.99. The second-order valence-electron chi connectivity index (χ2n) is 7.36. The highest BCUT2D eigenvalue weighted by molar-refractivity contribution is 7.13. The van der Waals surface area contributed by atoms with Crippen molar-refractivity contribution in [2.24, 2.45) is 0 Å². The first-order valence-electron chi connectivity index (χ1n) is 10.5. The van der Waals surface area contributed by atoms with Crippen LogP contribution in [0, 0.1) is 0 Å². The Labute approximate surface area is 199 Å². The third-order valence-electron chi connectivity index (χ3n) is 5.16. The number of hydrogen-bond donors (Lipinski definition) is 1. The number of carbonyl (C=O) groups excluding carboxylic acids is 1. The maximum Gasteiger partial charge on any atom is 0.267 e. The highest BCUT2D eigenvalue weighted by atomic mass is 32.1. The molecule has 1 atom stereocenters. The van der Waals surface area contributed by atoms with Crippen LogP contribution in [0.4, 0.5) is 0 Å². The topological polar surface area (TPSA) is 113 Å². The number of ether oxygens (including phenoxy) is 2. The normalized spacial score (nSPS) is 11.7. The van der Waals surface area contributed by atoms with Crippen LogP contribution in [0.5, 0.6) is 11.5 Å². The van der Waals surface area contributed by atoms with E-state index in [2.05, 4.69) is 20.5 Å². The molecule has 4 rings (SSSR count). The summed E-state index contributed by atoms with van der Waals surface area (Å²) in [6.45, 7) is 2.01. The molecule has 0 saturated heterocycles. The largest absolute Gasteiger partial charge is 0.493 e. The molecule has 11 heteroatoms. The van der Waals surface area contributed by atoms with Crippen molar-refractivity contribution < 1.29 is 14.3 Å². The third-order valence-corrected chi connectivity index (χ3v) is 6.10. The molecule has 10 nitrogen and oxygen atoms in total. The third kappa shape index (κ3) is 4.99. The zero-order chi connectivity index (χ0) is 24.1. The van der Waals surface area contributed by atoms with Gasteiger partial charge in [-0.3, -0.25) is 9.59 Å². The van der Waals surface area contributed by atoms with Gasteiger partial charge in [-0.05, 0) is 37.3 Å². The van der Waals surface area contributed by atoms with Crippen molar-refractivity contribution in [3.05, 3.63) is 70.2 Å². The van der Waals surface area contributed by atoms with E-state index in [1.165, 1.54) is 22.1 Å². The lowest BCUT2D eigenvalue weighted by molar-refractivity contribution is -0.124. The average molecular weight is 481 g/mol. The Bertz CT molecular complexity index is 1330. The van der Waals surface area contributed by atoms with E-state index in [1.54, 1.807) is 45.7 Å². The zero-order valence-corrected chi connectivity index (χ0v) is 19.8. The molecule has 3 heterocycles. The minimum absolute atomic E-state index is 0.303. The summed E-state index contributed by atoms with van der Waals surface area (Å²) in [5.74, 6) is 1.44. The van der Waals surface area contributed by atoms with E-state index < -0.39 is 6.04 Å². The van der Waals surface area contributed by atoms with Crippen LogP contribution in [-0.4, -0.2) is 51.2 Å². The number of hydrogen-bond acceptors (Lipinski definition) is 8. The summed E-state index contributed by atoms with van der Waals surface area (Å²) < 4.78 is 13.3. The Morgan fingerprint density at radius 3 is 2.74 bits per heavy atom. The summed E-state index contributed by atoms with van der Waals surface area (Å²) in [5, 5.41) is 14.1. The van der Waals surface area contributed by atoms with Crippen LogP contribution < -0.4 is 20.3 Å². The van der Waals surface area contributed by atoms with Crippen molar-refractivity contribution in [2.45, 2.75) is 19.4 Å². The fourth-order valence-corrected chi connectivity index (χ4v) is 4.17. The van der Waals surface area contributed by atoms with Crippen LogP contribution in [0.3, 0.4) is 0 Å². The molecule has 0 fully saturated rings. The molecule has 1 amide bonds. The van der Waals surface area contributed by atoms with Gasteiger partial charge in [0, 0.05) is 42.4 Å². The maximum absolute atomic E-state index is 12.7. The number of nitrogens with zero attached hydrogens (tertiary/aromatic N) is 5. The van der Waals surface area contributed by atoms with Gasteiger partial charge < -0.3 is 14.8 Å². The molecule has 0 aliphatic carbocycles. The summed E-state index contributed by atoms with van der Waals surface area (Å²) in [7, 11) is 3.19. The van der Waals surface area contributed by atoms with Gasteiger partial charge >= 0.3 is 0 Å². The Balaban J connectivity index is 1.37. The van der Waals surface area contributed by atoms with Gasteiger partial charge in [0.1, 0.15) is 11.0 Å². The second-order valence-corrected chi connectivity index (χ2v) is 8.21. The maximum atomic E-state index is 12.7. The number of carbonyl (C=O) groups is 1. The van der Waals surface area contributed by atoms with Crippen LogP contribution in [0.15, 0.2) is 59.0 Å². The molecule has 3 aromatic heterocycles. The smallest absolute Gasteiger partial charge is 0.267 e. The van der Waals surface area contributed by atoms with Gasteiger partial charge in [-0.1, -0.05) is 0 Å². The van der Waals surface area contributed by atoms with Gasteiger partial charge in [-0.2, -0.15) is 5.10 Å². The number of methoxy groups -OCH3 is 2. The molecule has 0 aliphatic heterocycles. The quantitative estimate of drug-likeness (QED) is 0.392. The van der Waals surface area contributed by atoms with E-state index in [0.717, 1.165) is 20.9 Å². The Morgan fingerprint density at radius 2 is 2.00 bits per heavy atom. The number of nitrogens with one attached hydrogen (secondary N) is 1. The molecular weight excluding hydrogens is 456 g/mol. The van der Waals surface area contributed by atoms with Crippen molar-refractivity contribution >= 4 is 17.2 Å². The van der Waals surface area contributed by atoms with Gasteiger partial charge in [0.15, 0.2) is 17.3 Å². The highest BCUT2D eigenvalue weighted by Gasteiger charge is 2.18. The summed E-state index contributed by atoms with van der Waals surface area (Å²) >= 11 is 1.52. The van der Waals surface area contributed by atoms with E-state index in [9.17, 15) is 9.59 Å². The summed E-state index contributed by atoms with van der Waals surface area (Å²) in [5.41, 5.74) is 1.42. The monoisotopic (exact) mass is 480 g/mol. The molecule has 1 unspecified atom stereocenters. The van der Waals surface area contributed by atoms with Gasteiger partial charge in [0.2, 0.25) is 5.91 Å². The Kier molecular flexibility index (Phi) is 7.02. The van der Waals surface area contributed by atoms with Crippen LogP contribution in [0.2, 0.25) is 0 Å². The predicted octanol–water partition coefficient (Wildman–Crippen LogP) is 2.49. The standard InChI is InChI=1S/C23H24N6O4S/c1-15(29-21(30)8-7-20(27-29)28-12-4-10-25-28)22(31)24-11-9-17-14-34-23(26-17)16-5-6-18(32-2)19(13-16)33-3/h4-8,10,12-15H,9,11H2,1-3H3,(H,24,31). The predicted molar refractivity (Wildman–Crippen MR) is 128 cm³/mol. The molecule has 1 N–H and O–H groups in total. The molecular formula is C23H24N6O4S. The summed E-state index contributed by atoms with van der Waals surface area (Å²) in [4.78, 5) is 29.6. The molecule has 0 radical (unpaired) electrons. The van der Waals surface area contributed by atoms with Crippen LogP contribution in [-0.2, 0) is 11.2 Å². The molecule has 0 saturated carbocycles. The first kappa shape index (κ1) is 23.2. The molecule has 1 aromatic carbocycles. The minimum atomic E-state index is -0.777. The van der Waals surface area contributed by atoms with E-state index in [0.29, 0.717) is 30.3 Å². The van der Waals surface area contributed by atoms with Crippen LogP contribution in [0.1, 0.15) is 18.7 Å². The minimum Gasteiger partial charge on any atom is -0.493 e. The van der Waals surface area contributed by atoms with Crippen molar-refractivity contribution in [3.8, 4) is 27.9 Å². The van der Waals surface area contributed by atoms with E-state index in [4.69, 9.17) is 9.47 Å². The fourth-order valence-electron chi connectivity index (χ4n) is 3.32. The molecule has 0 aliphatic rings. The van der Waals surface area contributed by atoms with Crippen molar-refractivity contribution in [3.63, 3.8) is 0 Å². The fraction of sp³-hybridized carbons (Fsp3) is 0.261. The lowest BCUT2D eigenvalue weighted by Gasteiger charge is -2.14. The first-order valence-corrected chi connectivity index (χ1v) is 11.4. The molecule has 176 valence electrons. The van der Waals surface area contributed by atoms with Gasteiger partial charge in [-0.15, -0.1) is 16.4 Å². The number of aromatic nitrogens is 5. The van der Waals surface area contributed by atoms with Crippen molar-refractivity contribution in [1.29, 1.82) is 0 Å². The zero-order valence-electron chi connectivity index (χ0n) is 19.0. The average Bonchev–Trinajstić information content (AvgIpc) is 3.56. The van der Waals surface area contributed by atoms with E-state index >= 15 is 0 Å². The van der Waals surface area contributed by atoms with Gasteiger partial charge in [0.05, 0.1) is 19.9 Å². The van der Waals surface area contributed by atoms with E-state index in [1.807, 2.05) is 23.6 Å². The molecule has 34 heavy (non-hydrogen) atoms. The molecule has 4 aromatic rings. The molecule has 0 bridgehead atoms. The van der Waals surface area contributed by atoms with E-state index in [-0.39, 0.29) is 11.5 Å². The SMILES string of the molecule is COc1ccc(-c2nc(CCNC(=O)C(C)n3nc(-n4cccn4)ccc3=O)cs2)cc1OC. The van der Waals surface area contributed by atoms with Crippen LogP contribution in [0.25, 0.3) is 16.4 Å². The molecule has 0 spiro atoms. The number of amides is 1. The number of benzene rings is 1. The number of rotatable bonds is 9. The van der Waals surface area contributed by atoms with Gasteiger partial charge in [-0.25, -0.2) is 14.3 Å². The number of thiazole rings is 1. The Morgan fingerprint density at radius 1 is 1.18 bits per heavy atom. The second kappa shape index (κ2) is 10.3. The first-order chi connectivity index (χ1) is 16.5. The lowest BCUT2D eigenvalue weighted by Crippen LogP contribution is -2.38. The highest BCUT2D eigenvalue weighted by Crippen LogP contribution is 2.33. The van der Waals surface area contributed by atoms with Crippen LogP contribution >= 0.6 is 11.3 Å². The van der Waals surface area contributed by atoms with Crippen molar-refractivity contribution in [2.75, 3.05) is 20.8 Å². The summed E-state index contributed by atoms with van der Waals surface area (Å²) in [6.07, 6.45) is 3.88.